The minimum Gasteiger partial charge on any atom is -0.459 e. The van der Waals surface area contributed by atoms with Gasteiger partial charge in [0.25, 0.3) is 0 Å². The van der Waals surface area contributed by atoms with Crippen LogP contribution in [-0.2, 0) is 9.53 Å². The van der Waals surface area contributed by atoms with Crippen LogP contribution in [0.4, 0.5) is 11.4 Å². The molecule has 0 unspecified atom stereocenters. The number of carbonyl (C=O) groups excluding carboxylic acids is 1. The lowest BCUT2D eigenvalue weighted by Gasteiger charge is -2.27. The van der Waals surface area contributed by atoms with Crippen LogP contribution in [0.25, 0.3) is 11.3 Å². The molecule has 10 heteroatoms. The zero-order chi connectivity index (χ0) is 26.8. The van der Waals surface area contributed by atoms with Crippen molar-refractivity contribution in [2.75, 3.05) is 23.9 Å². The maximum absolute atomic E-state index is 12.0. The molecule has 5 rings (SSSR count). The average Bonchev–Trinajstić information content (AvgIpc) is 3.52. The van der Waals surface area contributed by atoms with Crippen molar-refractivity contribution in [2.24, 2.45) is 0 Å². The molecule has 4 aromatic rings. The molecular weight excluding hydrogens is 543 g/mol. The number of benzene rings is 2. The number of hydrogen-bond donors (Lipinski definition) is 2. The van der Waals surface area contributed by atoms with E-state index < -0.39 is 0 Å². The van der Waals surface area contributed by atoms with E-state index in [0.29, 0.717) is 37.9 Å². The number of furan rings is 1. The summed E-state index contributed by atoms with van der Waals surface area (Å²) in [6, 6.07) is 20.1. The second-order valence-corrected chi connectivity index (χ2v) is 9.95. The second-order valence-electron chi connectivity index (χ2n) is 8.78. The van der Waals surface area contributed by atoms with Crippen molar-refractivity contribution in [1.82, 2.24) is 10.3 Å². The lowest BCUT2D eigenvalue weighted by molar-refractivity contribution is -0.119. The van der Waals surface area contributed by atoms with E-state index in [2.05, 4.69) is 15.6 Å². The molecule has 2 aromatic carbocycles. The molecule has 1 fully saturated rings. The van der Waals surface area contributed by atoms with Crippen LogP contribution in [0, 0.1) is 6.92 Å². The van der Waals surface area contributed by atoms with Gasteiger partial charge in [0, 0.05) is 30.2 Å². The summed E-state index contributed by atoms with van der Waals surface area (Å²) in [6.45, 7) is 1.91. The van der Waals surface area contributed by atoms with Crippen LogP contribution in [0.1, 0.15) is 29.1 Å². The van der Waals surface area contributed by atoms with Crippen molar-refractivity contribution < 1.29 is 13.9 Å². The minimum atomic E-state index is -0.350. The molecule has 0 saturated carbocycles. The van der Waals surface area contributed by atoms with E-state index in [4.69, 9.17) is 44.6 Å². The maximum Gasteiger partial charge on any atom is 0.250 e. The summed E-state index contributed by atoms with van der Waals surface area (Å²) in [5, 5.41) is 7.69. The Morgan fingerprint density at radius 3 is 2.74 bits per heavy atom. The molecule has 0 spiro atoms. The SMILES string of the molecule is COCC(=O)Nc1ccc(N2C(=S)N[C@@H](c3ccccn3)[C@@H]2c2ccc(-c3cccc(Cl)c3Cl)o2)cc1C. The standard InChI is InChI=1S/C28H24Cl2N4O3S/c1-16-14-17(9-10-20(16)32-24(35)15-36-2)34-27(26(33-28(34)38)21-8-3-4-13-31-21)23-12-11-22(37-23)18-6-5-7-19(29)25(18)30/h3-14,26-27H,15H2,1-2H3,(H,32,35)(H,33,38)/t26-,27-/m0/s1. The Kier molecular flexibility index (Phi) is 7.67. The molecule has 1 saturated heterocycles. The normalized spacial score (nSPS) is 16.9. The Bertz CT molecular complexity index is 1490. The number of halogens is 2. The van der Waals surface area contributed by atoms with Crippen molar-refractivity contribution >= 4 is 57.8 Å². The molecule has 1 aliphatic heterocycles. The first-order chi connectivity index (χ1) is 18.4. The third kappa shape index (κ3) is 5.13. The van der Waals surface area contributed by atoms with Gasteiger partial charge >= 0.3 is 0 Å². The molecule has 0 bridgehead atoms. The highest BCUT2D eigenvalue weighted by Gasteiger charge is 2.42. The molecule has 0 radical (unpaired) electrons. The van der Waals surface area contributed by atoms with Crippen LogP contribution < -0.4 is 15.5 Å². The zero-order valence-corrected chi connectivity index (χ0v) is 22.9. The van der Waals surface area contributed by atoms with Crippen molar-refractivity contribution in [2.45, 2.75) is 19.0 Å². The quantitative estimate of drug-likeness (QED) is 0.240. The summed E-state index contributed by atoms with van der Waals surface area (Å²) in [7, 11) is 1.48. The molecule has 194 valence electrons. The number of methoxy groups -OCH3 is 1. The van der Waals surface area contributed by atoms with E-state index in [0.717, 1.165) is 16.9 Å². The summed E-state index contributed by atoms with van der Waals surface area (Å²) >= 11 is 18.5. The van der Waals surface area contributed by atoms with Gasteiger partial charge in [-0.2, -0.15) is 0 Å². The second kappa shape index (κ2) is 11.1. The zero-order valence-electron chi connectivity index (χ0n) is 20.6. The van der Waals surface area contributed by atoms with Crippen LogP contribution in [0.5, 0.6) is 0 Å². The molecule has 7 nitrogen and oxygen atoms in total. The highest BCUT2D eigenvalue weighted by Crippen LogP contribution is 2.44. The smallest absolute Gasteiger partial charge is 0.250 e. The minimum absolute atomic E-state index is 0.0212. The van der Waals surface area contributed by atoms with E-state index in [1.54, 1.807) is 12.3 Å². The number of nitrogens with zero attached hydrogens (tertiary/aromatic N) is 2. The van der Waals surface area contributed by atoms with Crippen molar-refractivity contribution in [3.8, 4) is 11.3 Å². The van der Waals surface area contributed by atoms with Gasteiger partial charge in [-0.25, -0.2) is 0 Å². The van der Waals surface area contributed by atoms with Gasteiger partial charge in [0.05, 0.1) is 21.8 Å². The fourth-order valence-corrected chi connectivity index (χ4v) is 5.27. The lowest BCUT2D eigenvalue weighted by atomic mass is 10.0. The van der Waals surface area contributed by atoms with E-state index >= 15 is 0 Å². The van der Waals surface area contributed by atoms with Crippen molar-refractivity contribution in [3.05, 3.63) is 100.0 Å². The highest BCUT2D eigenvalue weighted by atomic mass is 35.5. The number of amides is 1. The highest BCUT2D eigenvalue weighted by molar-refractivity contribution is 7.80. The number of aromatic nitrogens is 1. The fraction of sp³-hybridized carbons (Fsp3) is 0.179. The first-order valence-electron chi connectivity index (χ1n) is 11.8. The van der Waals surface area contributed by atoms with Crippen LogP contribution in [0.2, 0.25) is 10.0 Å². The number of carbonyl (C=O) groups is 1. The average molecular weight is 567 g/mol. The predicted octanol–water partition coefficient (Wildman–Crippen LogP) is 6.72. The molecule has 1 aliphatic rings. The third-order valence-electron chi connectivity index (χ3n) is 6.27. The van der Waals surface area contributed by atoms with E-state index in [1.165, 1.54) is 7.11 Å². The molecular formula is C28H24Cl2N4O3S. The summed E-state index contributed by atoms with van der Waals surface area (Å²) in [4.78, 5) is 18.6. The topological polar surface area (TPSA) is 79.6 Å². The Morgan fingerprint density at radius 2 is 2.00 bits per heavy atom. The maximum atomic E-state index is 12.0. The van der Waals surface area contributed by atoms with Gasteiger partial charge < -0.3 is 24.7 Å². The third-order valence-corrected chi connectivity index (χ3v) is 7.40. The molecule has 2 N–H and O–H groups in total. The lowest BCUT2D eigenvalue weighted by Crippen LogP contribution is -2.29. The number of hydrogen-bond acceptors (Lipinski definition) is 5. The number of aryl methyl sites for hydroxylation is 1. The number of anilines is 2. The molecule has 1 amide bonds. The van der Waals surface area contributed by atoms with Gasteiger partial charge in [-0.3, -0.25) is 9.78 Å². The van der Waals surface area contributed by atoms with Gasteiger partial charge in [-0.15, -0.1) is 0 Å². The molecule has 2 aromatic heterocycles. The van der Waals surface area contributed by atoms with Gasteiger partial charge in [0.15, 0.2) is 5.11 Å². The number of nitrogens with one attached hydrogen (secondary N) is 2. The number of thiocarbonyl (C=S) groups is 1. The van der Waals surface area contributed by atoms with Gasteiger partial charge in [0.2, 0.25) is 5.91 Å². The van der Waals surface area contributed by atoms with E-state index in [9.17, 15) is 4.79 Å². The molecule has 38 heavy (non-hydrogen) atoms. The van der Waals surface area contributed by atoms with Gasteiger partial charge in [0.1, 0.15) is 24.2 Å². The molecule has 2 atom stereocenters. The monoisotopic (exact) mass is 566 g/mol. The Balaban J connectivity index is 1.55. The first-order valence-corrected chi connectivity index (χ1v) is 13.0. The van der Waals surface area contributed by atoms with Gasteiger partial charge in [-0.1, -0.05) is 35.3 Å². The van der Waals surface area contributed by atoms with Crippen LogP contribution in [0.3, 0.4) is 0 Å². The summed E-state index contributed by atoms with van der Waals surface area (Å²) in [6.07, 6.45) is 1.75. The van der Waals surface area contributed by atoms with Crippen molar-refractivity contribution in [3.63, 3.8) is 0 Å². The number of ether oxygens (including phenoxy) is 1. The van der Waals surface area contributed by atoms with Crippen molar-refractivity contribution in [1.29, 1.82) is 0 Å². The van der Waals surface area contributed by atoms with Crippen LogP contribution in [-0.4, -0.2) is 29.7 Å². The Labute approximate surface area is 235 Å². The van der Waals surface area contributed by atoms with E-state index in [1.807, 2.05) is 72.5 Å². The summed E-state index contributed by atoms with van der Waals surface area (Å²) in [5.74, 6) is 1.05. The van der Waals surface area contributed by atoms with Gasteiger partial charge in [-0.05, 0) is 79.3 Å². The first kappa shape index (κ1) is 26.2. The largest absolute Gasteiger partial charge is 0.459 e. The number of pyridine rings is 1. The Hall–Kier alpha value is -3.43. The predicted molar refractivity (Wildman–Crippen MR) is 154 cm³/mol. The van der Waals surface area contributed by atoms with E-state index in [-0.39, 0.29) is 24.6 Å². The Morgan fingerprint density at radius 1 is 1.16 bits per heavy atom. The summed E-state index contributed by atoms with van der Waals surface area (Å²) < 4.78 is 11.3. The molecule has 3 heterocycles. The van der Waals surface area contributed by atoms with Crippen LogP contribution >= 0.6 is 35.4 Å². The summed E-state index contributed by atoms with van der Waals surface area (Å²) in [5.41, 5.74) is 3.93. The fourth-order valence-electron chi connectivity index (χ4n) is 4.53. The number of rotatable bonds is 7. The van der Waals surface area contributed by atoms with Crippen LogP contribution in [0.15, 0.2) is 77.3 Å². The molecule has 0 aliphatic carbocycles.